The number of aromatic carboxylic acids is 1. The maximum absolute atomic E-state index is 11.1. The number of carboxylic acids is 1. The van der Waals surface area contributed by atoms with E-state index < -0.39 is 15.8 Å². The largest absolute Gasteiger partial charge is 0.478 e. The van der Waals surface area contributed by atoms with Crippen molar-refractivity contribution in [3.8, 4) is 0 Å². The third kappa shape index (κ3) is 5.29. The van der Waals surface area contributed by atoms with Gasteiger partial charge in [-0.25, -0.2) is 13.2 Å². The molecule has 1 unspecified atom stereocenters. The van der Waals surface area contributed by atoms with Gasteiger partial charge in [-0.2, -0.15) is 0 Å². The van der Waals surface area contributed by atoms with Gasteiger partial charge in [0, 0.05) is 18.8 Å². The van der Waals surface area contributed by atoms with E-state index in [1.807, 2.05) is 0 Å². The molecule has 0 bridgehead atoms. The molecule has 0 fully saturated rings. The summed E-state index contributed by atoms with van der Waals surface area (Å²) in [7, 11) is -2.99. The first-order valence-electron chi connectivity index (χ1n) is 5.51. The minimum atomic E-state index is -2.99. The zero-order valence-electron chi connectivity index (χ0n) is 10.4. The molecule has 0 heterocycles. The van der Waals surface area contributed by atoms with E-state index >= 15 is 0 Å². The van der Waals surface area contributed by atoms with E-state index in [1.165, 1.54) is 18.4 Å². The van der Waals surface area contributed by atoms with Crippen LogP contribution in [-0.4, -0.2) is 37.5 Å². The van der Waals surface area contributed by atoms with E-state index in [4.69, 9.17) is 5.11 Å². The summed E-state index contributed by atoms with van der Waals surface area (Å²) in [6.45, 7) is 2.31. The first-order valence-corrected chi connectivity index (χ1v) is 7.57. The van der Waals surface area contributed by atoms with Gasteiger partial charge >= 0.3 is 5.97 Å². The van der Waals surface area contributed by atoms with Gasteiger partial charge in [0.2, 0.25) is 0 Å². The first kappa shape index (κ1) is 14.7. The zero-order chi connectivity index (χ0) is 13.8. The van der Waals surface area contributed by atoms with Crippen molar-refractivity contribution in [2.24, 2.45) is 0 Å². The van der Waals surface area contributed by atoms with Gasteiger partial charge in [0.05, 0.1) is 11.3 Å². The quantitative estimate of drug-likeness (QED) is 0.803. The normalized spacial score (nSPS) is 13.2. The molecule has 0 radical (unpaired) electrons. The van der Waals surface area contributed by atoms with Crippen LogP contribution >= 0.6 is 0 Å². The second kappa shape index (κ2) is 5.97. The molecule has 0 spiro atoms. The molecule has 1 aromatic carbocycles. The lowest BCUT2D eigenvalue weighted by Crippen LogP contribution is -2.32. The second-order valence-corrected chi connectivity index (χ2v) is 6.56. The lowest BCUT2D eigenvalue weighted by atomic mass is 10.1. The average molecular weight is 271 g/mol. The molecule has 1 rings (SSSR count). The topological polar surface area (TPSA) is 83.5 Å². The molecular formula is C12H17NO4S. The Morgan fingerprint density at radius 2 is 1.89 bits per heavy atom. The fraction of sp³-hybridized carbons (Fsp3) is 0.417. The molecule has 1 atom stereocenters. The summed E-state index contributed by atoms with van der Waals surface area (Å²) in [5.74, 6) is -0.875. The Kier molecular flexibility index (Phi) is 4.86. The van der Waals surface area contributed by atoms with Crippen molar-refractivity contribution in [1.82, 2.24) is 5.32 Å². The molecule has 2 N–H and O–H groups in total. The molecule has 6 heteroatoms. The monoisotopic (exact) mass is 271 g/mol. The predicted molar refractivity (Wildman–Crippen MR) is 69.4 cm³/mol. The molecule has 100 valence electrons. The smallest absolute Gasteiger partial charge is 0.335 e. The highest BCUT2D eigenvalue weighted by atomic mass is 32.2. The molecule has 18 heavy (non-hydrogen) atoms. The minimum Gasteiger partial charge on any atom is -0.478 e. The molecule has 5 nitrogen and oxygen atoms in total. The number of hydrogen-bond donors (Lipinski definition) is 2. The minimum absolute atomic E-state index is 0.0835. The molecule has 0 saturated heterocycles. The number of carboxylic acid groups (broad SMARTS) is 1. The Bertz CT molecular complexity index is 507. The van der Waals surface area contributed by atoms with Gasteiger partial charge in [0.1, 0.15) is 9.84 Å². The molecule has 0 aliphatic rings. The Morgan fingerprint density at radius 1 is 1.33 bits per heavy atom. The molecule has 0 aromatic heterocycles. The molecule has 0 aliphatic heterocycles. The van der Waals surface area contributed by atoms with Crippen LogP contribution in [-0.2, 0) is 16.4 Å². The van der Waals surface area contributed by atoms with Gasteiger partial charge < -0.3 is 10.4 Å². The molecule has 0 aliphatic carbocycles. The van der Waals surface area contributed by atoms with E-state index in [2.05, 4.69) is 5.32 Å². The van der Waals surface area contributed by atoms with Crippen LogP contribution in [0.4, 0.5) is 0 Å². The van der Waals surface area contributed by atoms with E-state index in [-0.39, 0.29) is 17.4 Å². The van der Waals surface area contributed by atoms with Gasteiger partial charge in [-0.05, 0) is 24.6 Å². The third-order valence-corrected chi connectivity index (χ3v) is 3.51. The predicted octanol–water partition coefficient (Wildman–Crippen LogP) is 0.907. The van der Waals surface area contributed by atoms with E-state index in [9.17, 15) is 13.2 Å². The van der Waals surface area contributed by atoms with Crippen molar-refractivity contribution in [2.75, 3.05) is 12.0 Å². The SMILES string of the molecule is CC(CS(C)(=O)=O)NCc1ccc(C(=O)O)cc1. The van der Waals surface area contributed by atoms with Crippen LogP contribution in [0.5, 0.6) is 0 Å². The fourth-order valence-corrected chi connectivity index (χ4v) is 2.60. The summed E-state index contributed by atoms with van der Waals surface area (Å²) in [6, 6.07) is 6.34. The molecular weight excluding hydrogens is 254 g/mol. The summed E-state index contributed by atoms with van der Waals surface area (Å²) in [5.41, 5.74) is 1.16. The standard InChI is InChI=1S/C12H17NO4S/c1-9(8-18(2,16)17)13-7-10-3-5-11(6-4-10)12(14)15/h3-6,9,13H,7-8H2,1-2H3,(H,14,15). The number of benzene rings is 1. The van der Waals surface area contributed by atoms with Crippen LogP contribution in [0.3, 0.4) is 0 Å². The van der Waals surface area contributed by atoms with Crippen LogP contribution in [0.15, 0.2) is 24.3 Å². The summed E-state index contributed by atoms with van der Waals surface area (Å²) >= 11 is 0. The zero-order valence-corrected chi connectivity index (χ0v) is 11.2. The van der Waals surface area contributed by atoms with Gasteiger partial charge in [-0.15, -0.1) is 0 Å². The Balaban J connectivity index is 2.51. The summed E-state index contributed by atoms with van der Waals surface area (Å²) < 4.78 is 22.1. The van der Waals surface area contributed by atoms with Crippen LogP contribution in [0.25, 0.3) is 0 Å². The van der Waals surface area contributed by atoms with Crippen molar-refractivity contribution in [3.63, 3.8) is 0 Å². The summed E-state index contributed by atoms with van der Waals surface area (Å²) in [4.78, 5) is 10.7. The van der Waals surface area contributed by atoms with Crippen molar-refractivity contribution in [2.45, 2.75) is 19.5 Å². The van der Waals surface area contributed by atoms with Crippen LogP contribution in [0.2, 0.25) is 0 Å². The van der Waals surface area contributed by atoms with Gasteiger partial charge in [-0.3, -0.25) is 0 Å². The van der Waals surface area contributed by atoms with Crippen LogP contribution in [0, 0.1) is 0 Å². The van der Waals surface area contributed by atoms with Gasteiger partial charge in [0.15, 0.2) is 0 Å². The number of rotatable bonds is 6. The van der Waals surface area contributed by atoms with Crippen molar-refractivity contribution < 1.29 is 18.3 Å². The van der Waals surface area contributed by atoms with Gasteiger partial charge in [-0.1, -0.05) is 12.1 Å². The number of hydrogen-bond acceptors (Lipinski definition) is 4. The molecule has 0 amide bonds. The van der Waals surface area contributed by atoms with Crippen LogP contribution in [0.1, 0.15) is 22.8 Å². The highest BCUT2D eigenvalue weighted by Gasteiger charge is 2.09. The fourth-order valence-electron chi connectivity index (χ4n) is 1.57. The van der Waals surface area contributed by atoms with Crippen molar-refractivity contribution in [3.05, 3.63) is 35.4 Å². The van der Waals surface area contributed by atoms with Crippen LogP contribution < -0.4 is 5.32 Å². The van der Waals surface area contributed by atoms with Gasteiger partial charge in [0.25, 0.3) is 0 Å². The van der Waals surface area contributed by atoms with E-state index in [0.29, 0.717) is 6.54 Å². The summed E-state index contributed by atoms with van der Waals surface area (Å²) in [6.07, 6.45) is 1.20. The van der Waals surface area contributed by atoms with Crippen molar-refractivity contribution in [1.29, 1.82) is 0 Å². The average Bonchev–Trinajstić information content (AvgIpc) is 2.24. The second-order valence-electron chi connectivity index (χ2n) is 4.38. The number of carbonyl (C=O) groups is 1. The molecule has 1 aromatic rings. The van der Waals surface area contributed by atoms with Crippen molar-refractivity contribution >= 4 is 15.8 Å². The first-order chi connectivity index (χ1) is 8.28. The van der Waals surface area contributed by atoms with E-state index in [1.54, 1.807) is 19.1 Å². The lowest BCUT2D eigenvalue weighted by Gasteiger charge is -2.12. The highest BCUT2D eigenvalue weighted by Crippen LogP contribution is 2.04. The van der Waals surface area contributed by atoms with E-state index in [0.717, 1.165) is 5.56 Å². The Hall–Kier alpha value is -1.40. The molecule has 0 saturated carbocycles. The lowest BCUT2D eigenvalue weighted by molar-refractivity contribution is 0.0697. The Labute approximate surface area is 107 Å². The number of sulfone groups is 1. The third-order valence-electron chi connectivity index (χ3n) is 2.41. The summed E-state index contributed by atoms with van der Waals surface area (Å²) in [5, 5.41) is 11.8. The maximum atomic E-state index is 11.1. The Morgan fingerprint density at radius 3 is 2.33 bits per heavy atom. The highest BCUT2D eigenvalue weighted by molar-refractivity contribution is 7.90. The maximum Gasteiger partial charge on any atom is 0.335 e. The number of nitrogens with one attached hydrogen (secondary N) is 1.